The third-order valence-electron chi connectivity index (χ3n) is 7.51. The van der Waals surface area contributed by atoms with Gasteiger partial charge in [-0.3, -0.25) is 9.98 Å². The third-order valence-corrected chi connectivity index (χ3v) is 7.51. The Kier molecular flexibility index (Phi) is 12.7. The average molecular weight is 761 g/mol. The van der Waals surface area contributed by atoms with Crippen LogP contribution >= 0.6 is 7.81 Å². The molecule has 0 aliphatic heterocycles. The van der Waals surface area contributed by atoms with Gasteiger partial charge in [-0.25, -0.2) is 0 Å². The normalized spacial score (nSPS) is 15.0. The molecule has 4 aromatic rings. The van der Waals surface area contributed by atoms with Crippen LogP contribution in [-0.2, 0) is 27.9 Å². The van der Waals surface area contributed by atoms with Crippen molar-refractivity contribution in [2.45, 2.75) is 78.3 Å². The summed E-state index contributed by atoms with van der Waals surface area (Å²) in [6, 6.07) is 27.5. The molecule has 0 heterocycles. The summed E-state index contributed by atoms with van der Waals surface area (Å²) < 4.78 is 59.2. The summed E-state index contributed by atoms with van der Waals surface area (Å²) in [4.78, 5) is 10.2. The summed E-state index contributed by atoms with van der Waals surface area (Å²) in [5.41, 5.74) is 6.87. The third kappa shape index (κ3) is 13.6. The molecular weight excluding hydrogens is 716 g/mol. The predicted molar refractivity (Wildman–Crippen MR) is 190 cm³/mol. The Balaban J connectivity index is 0.000000980. The van der Waals surface area contributed by atoms with Gasteiger partial charge in [-0.05, 0) is 59.1 Å². The van der Waals surface area contributed by atoms with E-state index < -0.39 is 7.81 Å². The van der Waals surface area contributed by atoms with E-state index in [4.69, 9.17) is 9.98 Å². The first-order valence-electron chi connectivity index (χ1n) is 15.6. The van der Waals surface area contributed by atoms with Gasteiger partial charge in [-0.15, -0.1) is 0 Å². The molecule has 4 aromatic carbocycles. The van der Waals surface area contributed by atoms with Gasteiger partial charge in [0.05, 0.1) is 0 Å². The average Bonchev–Trinajstić information content (AvgIpc) is 2.95. The van der Waals surface area contributed by atoms with E-state index in [9.17, 15) is 35.4 Å². The molecule has 0 fully saturated rings. The van der Waals surface area contributed by atoms with E-state index in [0.717, 1.165) is 33.4 Å². The Labute approximate surface area is 301 Å². The fourth-order valence-corrected chi connectivity index (χ4v) is 5.28. The van der Waals surface area contributed by atoms with E-state index in [-0.39, 0.29) is 51.5 Å². The van der Waals surface area contributed by atoms with Crippen LogP contribution in [0.4, 0.5) is 25.2 Å². The summed E-state index contributed by atoms with van der Waals surface area (Å²) in [5, 5.41) is 22.5. The first kappa shape index (κ1) is 42.5. The minimum absolute atomic E-state index is 0. The van der Waals surface area contributed by atoms with Gasteiger partial charge < -0.3 is 10.2 Å². The smallest absolute Gasteiger partial charge is 0 e. The van der Waals surface area contributed by atoms with Gasteiger partial charge in [-0.1, -0.05) is 114 Å². The number of rotatable bonds is 7. The Morgan fingerprint density at radius 1 is 0.560 bits per heavy atom. The molecule has 12 heteroatoms. The molecule has 0 aliphatic rings. The Morgan fingerprint density at radius 2 is 0.840 bits per heavy atom. The number of hydrogen-bond donors (Lipinski definition) is 2. The van der Waals surface area contributed by atoms with Gasteiger partial charge in [0.1, 0.15) is 23.6 Å². The molecule has 0 amide bonds. The van der Waals surface area contributed by atoms with Crippen LogP contribution in [0, 0.1) is 13.8 Å². The predicted octanol–water partition coefficient (Wildman–Crippen LogP) is 12.7. The van der Waals surface area contributed by atoms with Crippen LogP contribution in [0.15, 0.2) is 94.9 Å². The molecule has 273 valence electrons. The summed E-state index contributed by atoms with van der Waals surface area (Å²) in [5.74, 6) is 0.505. The molecule has 1 radical (unpaired) electrons. The van der Waals surface area contributed by atoms with Crippen LogP contribution in [0.1, 0.15) is 98.1 Å². The Bertz CT molecular complexity index is 1690. The van der Waals surface area contributed by atoms with E-state index in [0.29, 0.717) is 11.1 Å². The van der Waals surface area contributed by atoms with Crippen LogP contribution in [0.2, 0.25) is 0 Å². The minimum Gasteiger partial charge on any atom is 0 e. The number of benzene rings is 4. The zero-order chi connectivity index (χ0) is 37.1. The SMILES string of the molecule is Cc1cc(C=N[C@@H](c2ccccc2)[C@@H](N=Cc2cc(C)cc(C(C)(C)C)c2O)c2ccccc2)c(O)c(C(C)(C)C)c1.F[P-](F)(F)(F)(F)F.[Mn]. The second-order valence-corrected chi connectivity index (χ2v) is 16.1. The molecule has 0 saturated heterocycles. The maximum atomic E-state index is 11.2. The fourth-order valence-electron chi connectivity index (χ4n) is 5.28. The van der Waals surface area contributed by atoms with Crippen molar-refractivity contribution < 1.29 is 52.5 Å². The Morgan fingerprint density at radius 3 is 1.10 bits per heavy atom. The van der Waals surface area contributed by atoms with Gasteiger partial charge in [0.15, 0.2) is 0 Å². The van der Waals surface area contributed by atoms with Gasteiger partial charge >= 0.3 is 33.0 Å². The molecule has 0 bridgehead atoms. The molecule has 0 unspecified atom stereocenters. The number of aromatic hydroxyl groups is 2. The molecule has 50 heavy (non-hydrogen) atoms. The van der Waals surface area contributed by atoms with Crippen molar-refractivity contribution in [3.05, 3.63) is 129 Å². The monoisotopic (exact) mass is 760 g/mol. The molecule has 4 rings (SSSR count). The molecule has 0 aliphatic carbocycles. The van der Waals surface area contributed by atoms with Crippen LogP contribution < -0.4 is 0 Å². The van der Waals surface area contributed by atoms with Crippen molar-refractivity contribution in [2.75, 3.05) is 0 Å². The van der Waals surface area contributed by atoms with Crippen molar-refractivity contribution in [1.29, 1.82) is 0 Å². The number of halogens is 6. The largest absolute Gasteiger partial charge is 0 e. The van der Waals surface area contributed by atoms with E-state index in [1.807, 2.05) is 74.5 Å². The molecule has 4 nitrogen and oxygen atoms in total. The fraction of sp³-hybridized carbons (Fsp3) is 0.316. The summed E-state index contributed by atoms with van der Waals surface area (Å²) in [6.45, 7) is 16.7. The van der Waals surface area contributed by atoms with Gasteiger partial charge in [0.25, 0.3) is 0 Å². The maximum Gasteiger partial charge on any atom is 0 e. The first-order valence-corrected chi connectivity index (χ1v) is 17.6. The molecule has 2 N–H and O–H groups in total. The van der Waals surface area contributed by atoms with E-state index in [1.165, 1.54) is 0 Å². The number of aryl methyl sites for hydroxylation is 2. The molecule has 0 aromatic heterocycles. The molecule has 2 atom stereocenters. The van der Waals surface area contributed by atoms with Crippen molar-refractivity contribution >= 4 is 20.2 Å². The van der Waals surface area contributed by atoms with Crippen molar-refractivity contribution in [2.24, 2.45) is 9.98 Å². The van der Waals surface area contributed by atoms with Crippen molar-refractivity contribution in [1.82, 2.24) is 0 Å². The number of aliphatic imine (C=N–C) groups is 2. The summed E-state index contributed by atoms with van der Waals surface area (Å²) >= 11 is 0. The second kappa shape index (κ2) is 14.9. The first-order chi connectivity index (χ1) is 22.2. The number of nitrogens with zero attached hydrogens (tertiary/aromatic N) is 2. The van der Waals surface area contributed by atoms with Crippen LogP contribution in [-0.4, -0.2) is 22.6 Å². The topological polar surface area (TPSA) is 65.2 Å². The van der Waals surface area contributed by atoms with E-state index in [1.54, 1.807) is 12.4 Å². The van der Waals surface area contributed by atoms with Crippen LogP contribution in [0.25, 0.3) is 0 Å². The molecule has 0 spiro atoms. The van der Waals surface area contributed by atoms with Crippen LogP contribution in [0.5, 0.6) is 11.5 Å². The van der Waals surface area contributed by atoms with E-state index in [2.05, 4.69) is 65.8 Å². The minimum atomic E-state index is -10.7. The maximum absolute atomic E-state index is 11.2. The zero-order valence-electron chi connectivity index (χ0n) is 29.3. The van der Waals surface area contributed by atoms with Crippen molar-refractivity contribution in [3.8, 4) is 11.5 Å². The number of phenols is 2. The molecular formula is C38H44F6MnN2O2P-. The zero-order valence-corrected chi connectivity index (χ0v) is 31.3. The second-order valence-electron chi connectivity index (χ2n) is 14.2. The molecule has 0 saturated carbocycles. The standard InChI is InChI=1S/C38H44N2O2.F6P.Mn/c1-25-19-29(35(41)31(21-25)37(3,4)5)23-39-33(27-15-11-9-12-16-27)34(28-17-13-10-14-18-28)40-24-30-20-26(2)22-32(36(30)42)38(6,7)8;1-7(2,3,4,5)6;/h9-24,33-34,41-42H,1-8H3;;/q;-1;/t33-,34-;;/m0../s1. The summed E-state index contributed by atoms with van der Waals surface area (Å²) in [6.07, 6.45) is 3.56. The number of hydrogen-bond acceptors (Lipinski definition) is 4. The quantitative estimate of drug-likeness (QED) is 0.0853. The van der Waals surface area contributed by atoms with E-state index >= 15 is 0 Å². The number of phenolic OH excluding ortho intramolecular Hbond substituents is 2. The van der Waals surface area contributed by atoms with Crippen LogP contribution in [0.3, 0.4) is 0 Å². The van der Waals surface area contributed by atoms with Gasteiger partial charge in [0, 0.05) is 51.8 Å². The van der Waals surface area contributed by atoms with Crippen molar-refractivity contribution in [3.63, 3.8) is 0 Å². The Hall–Kier alpha value is -3.65. The van der Waals surface area contributed by atoms with Gasteiger partial charge in [-0.2, -0.15) is 0 Å². The van der Waals surface area contributed by atoms with Gasteiger partial charge in [0.2, 0.25) is 0 Å². The summed E-state index contributed by atoms with van der Waals surface area (Å²) in [7, 11) is -10.7.